The number of benzene rings is 2. The van der Waals surface area contributed by atoms with Crippen molar-refractivity contribution in [3.05, 3.63) is 51.5 Å². The van der Waals surface area contributed by atoms with Crippen LogP contribution >= 0.6 is 15.9 Å². The fourth-order valence-corrected chi connectivity index (χ4v) is 2.99. The van der Waals surface area contributed by atoms with E-state index in [1.807, 2.05) is 0 Å². The third-order valence-electron chi connectivity index (χ3n) is 3.76. The van der Waals surface area contributed by atoms with Crippen molar-refractivity contribution in [1.29, 1.82) is 0 Å². The molecule has 24 heavy (non-hydrogen) atoms. The molecule has 0 saturated heterocycles. The molecular weight excluding hydrogens is 390 g/mol. The molecule has 126 valence electrons. The molecule has 0 bridgehead atoms. The first-order valence-electron chi connectivity index (χ1n) is 6.86. The summed E-state index contributed by atoms with van der Waals surface area (Å²) in [6.45, 7) is 0. The van der Waals surface area contributed by atoms with Crippen LogP contribution in [-0.2, 0) is 6.42 Å². The van der Waals surface area contributed by atoms with Crippen LogP contribution in [0.4, 0.5) is 20.2 Å². The maximum absolute atomic E-state index is 14.0. The molecule has 1 aliphatic rings. The summed E-state index contributed by atoms with van der Waals surface area (Å²) in [4.78, 5) is 9.77. The van der Waals surface area contributed by atoms with Crippen LogP contribution in [0.15, 0.2) is 28.7 Å². The number of Topliss-reactive ketones (excluding diaryl/α,β-unsaturated/α-hetero) is 1. The Kier molecular flexibility index (Phi) is 4.04. The zero-order valence-electron chi connectivity index (χ0n) is 12.1. The first-order valence-corrected chi connectivity index (χ1v) is 7.66. The maximum atomic E-state index is 14.0. The van der Waals surface area contributed by atoms with E-state index in [2.05, 4.69) is 21.4 Å². The smallest absolute Gasteiger partial charge is 0.235 e. The Morgan fingerprint density at radius 2 is 1.88 bits per heavy atom. The van der Waals surface area contributed by atoms with E-state index in [-0.39, 0.29) is 35.6 Å². The van der Waals surface area contributed by atoms with Crippen LogP contribution in [-0.4, -0.2) is 21.3 Å². The minimum Gasteiger partial charge on any atom is -0.508 e. The van der Waals surface area contributed by atoms with Crippen molar-refractivity contribution in [2.24, 2.45) is 0 Å². The Labute approximate surface area is 143 Å². The van der Waals surface area contributed by atoms with Crippen LogP contribution in [0.3, 0.4) is 0 Å². The lowest BCUT2D eigenvalue weighted by atomic mass is 10.1. The summed E-state index contributed by atoms with van der Waals surface area (Å²) in [7, 11) is 0. The summed E-state index contributed by atoms with van der Waals surface area (Å²) < 4.78 is 26.8. The largest absolute Gasteiger partial charge is 0.508 e. The number of aromatic hydroxyl groups is 1. The van der Waals surface area contributed by atoms with E-state index in [4.69, 9.17) is 0 Å². The molecular formula is C15H12BrF2N2O4+. The maximum Gasteiger partial charge on any atom is 0.235 e. The summed E-state index contributed by atoms with van der Waals surface area (Å²) in [6.07, 6.45) is 0.421. The topological polar surface area (TPSA) is 89.8 Å². The molecule has 9 heteroatoms. The number of phenols is 1. The highest BCUT2D eigenvalue weighted by Gasteiger charge is 2.37. The predicted molar refractivity (Wildman–Crippen MR) is 83.8 cm³/mol. The van der Waals surface area contributed by atoms with Crippen molar-refractivity contribution >= 4 is 33.1 Å². The van der Waals surface area contributed by atoms with Gasteiger partial charge in [0.2, 0.25) is 5.69 Å². The molecule has 0 spiro atoms. The molecule has 0 aromatic heterocycles. The van der Waals surface area contributed by atoms with Gasteiger partial charge in [0.25, 0.3) is 0 Å². The van der Waals surface area contributed by atoms with Gasteiger partial charge in [-0.1, -0.05) is 0 Å². The van der Waals surface area contributed by atoms with Crippen molar-refractivity contribution in [1.82, 2.24) is 4.92 Å². The number of phenolic OH excluding ortho intramolecular Hbond substituents is 1. The zero-order valence-corrected chi connectivity index (χ0v) is 13.6. The Bertz CT molecular complexity index is 858. The van der Waals surface area contributed by atoms with Gasteiger partial charge in [-0.3, -0.25) is 4.79 Å². The monoisotopic (exact) mass is 401 g/mol. The lowest BCUT2D eigenvalue weighted by molar-refractivity contribution is -0.273. The molecule has 0 amide bonds. The lowest BCUT2D eigenvalue weighted by Crippen LogP contribution is -2.48. The second kappa shape index (κ2) is 5.78. The molecule has 6 nitrogen and oxygen atoms in total. The minimum absolute atomic E-state index is 0.169. The van der Waals surface area contributed by atoms with E-state index in [0.29, 0.717) is 5.56 Å². The van der Waals surface area contributed by atoms with Gasteiger partial charge in [-0.2, -0.15) is 5.43 Å². The van der Waals surface area contributed by atoms with Crippen molar-refractivity contribution in [3.63, 3.8) is 0 Å². The number of hydrogen-bond acceptors (Lipinski definition) is 5. The van der Waals surface area contributed by atoms with Gasteiger partial charge in [-0.25, -0.2) is 8.78 Å². The number of hydrogen-bond donors (Lipinski definition) is 4. The van der Waals surface area contributed by atoms with Crippen LogP contribution in [0.1, 0.15) is 22.3 Å². The van der Waals surface area contributed by atoms with Crippen LogP contribution in [0.2, 0.25) is 0 Å². The number of nitrogens with one attached hydrogen (secondary N) is 1. The van der Waals surface area contributed by atoms with Gasteiger partial charge in [0, 0.05) is 17.5 Å². The van der Waals surface area contributed by atoms with E-state index in [9.17, 15) is 29.1 Å². The Balaban J connectivity index is 2.05. The molecule has 2 aromatic carbocycles. The van der Waals surface area contributed by atoms with E-state index in [1.54, 1.807) is 0 Å². The van der Waals surface area contributed by atoms with E-state index in [1.165, 1.54) is 6.07 Å². The summed E-state index contributed by atoms with van der Waals surface area (Å²) in [6, 6.07) is 4.22. The number of ketones is 1. The second-order valence-electron chi connectivity index (χ2n) is 5.35. The number of rotatable bonds is 3. The van der Waals surface area contributed by atoms with E-state index >= 15 is 0 Å². The first-order chi connectivity index (χ1) is 11.2. The average molecular weight is 402 g/mol. The average Bonchev–Trinajstić information content (AvgIpc) is 2.88. The molecule has 1 aliphatic carbocycles. The van der Waals surface area contributed by atoms with Crippen LogP contribution < -0.4 is 10.3 Å². The summed E-state index contributed by atoms with van der Waals surface area (Å²) in [5.41, 5.74) is 1.99. The fourth-order valence-electron chi connectivity index (χ4n) is 2.65. The Morgan fingerprint density at radius 3 is 2.58 bits per heavy atom. The van der Waals surface area contributed by atoms with Crippen molar-refractivity contribution in [2.75, 3.05) is 5.43 Å². The molecule has 2 aromatic rings. The van der Waals surface area contributed by atoms with Gasteiger partial charge in [0.05, 0.1) is 15.5 Å². The van der Waals surface area contributed by atoms with Gasteiger partial charge in [0.1, 0.15) is 17.3 Å². The van der Waals surface area contributed by atoms with Crippen LogP contribution in [0, 0.1) is 11.6 Å². The normalized spacial score (nSPS) is 14.0. The standard InChI is InChI=1S/C15H11BrF2N2O4/c16-14-10(17)2-3-11(15(14)18)19-20(23,24)12-6-7(21)5-9-8(12)1-4-13(9)22/h2-3,5-6,19,23-24H,1,4H2/p+1. The zero-order chi connectivity index (χ0) is 17.6. The Hall–Kier alpha value is -2.07. The second-order valence-corrected chi connectivity index (χ2v) is 6.14. The molecule has 0 atom stereocenters. The number of fused-ring (bicyclic) bond motifs is 1. The van der Waals surface area contributed by atoms with Gasteiger partial charge >= 0.3 is 0 Å². The predicted octanol–water partition coefficient (Wildman–Crippen LogP) is 3.67. The van der Waals surface area contributed by atoms with Crippen molar-refractivity contribution in [3.8, 4) is 5.75 Å². The molecule has 0 saturated carbocycles. The number of carbonyl (C=O) groups is 1. The van der Waals surface area contributed by atoms with Gasteiger partial charge < -0.3 is 5.11 Å². The van der Waals surface area contributed by atoms with E-state index in [0.717, 1.165) is 18.2 Å². The van der Waals surface area contributed by atoms with Crippen molar-refractivity contribution in [2.45, 2.75) is 12.8 Å². The number of quaternary nitrogens is 1. The number of halogens is 3. The van der Waals surface area contributed by atoms with Crippen molar-refractivity contribution < 1.29 is 29.1 Å². The molecule has 4 N–H and O–H groups in total. The summed E-state index contributed by atoms with van der Waals surface area (Å²) in [5.74, 6) is -2.49. The fraction of sp³-hybridized carbons (Fsp3) is 0.133. The van der Waals surface area contributed by atoms with Gasteiger partial charge in [-0.05, 0) is 40.5 Å². The molecule has 0 fully saturated rings. The molecule has 0 heterocycles. The molecule has 0 unspecified atom stereocenters. The highest BCUT2D eigenvalue weighted by atomic mass is 79.9. The highest BCUT2D eigenvalue weighted by Crippen LogP contribution is 2.37. The SMILES string of the molecule is O=C1CCc2c1cc(O)cc2[N+](O)(O)Nc1ccc(F)c(Br)c1F. The molecule has 0 aliphatic heterocycles. The van der Waals surface area contributed by atoms with Gasteiger partial charge in [0.15, 0.2) is 11.6 Å². The third kappa shape index (κ3) is 2.75. The first kappa shape index (κ1) is 16.8. The number of anilines is 1. The quantitative estimate of drug-likeness (QED) is 0.358. The van der Waals surface area contributed by atoms with Crippen LogP contribution in [0.25, 0.3) is 0 Å². The lowest BCUT2D eigenvalue weighted by Gasteiger charge is -2.23. The highest BCUT2D eigenvalue weighted by molar-refractivity contribution is 9.10. The summed E-state index contributed by atoms with van der Waals surface area (Å²) in [5, 5.41) is 30.3. The van der Waals surface area contributed by atoms with Crippen LogP contribution in [0.5, 0.6) is 5.75 Å². The summed E-state index contributed by atoms with van der Waals surface area (Å²) >= 11 is 2.72. The number of nitrogens with zero attached hydrogens (tertiary/aromatic N) is 1. The van der Waals surface area contributed by atoms with Gasteiger partial charge in [-0.15, -0.1) is 10.4 Å². The third-order valence-corrected chi connectivity index (χ3v) is 4.49. The van der Waals surface area contributed by atoms with E-state index < -0.39 is 26.7 Å². The Morgan fingerprint density at radius 1 is 1.17 bits per heavy atom. The molecule has 3 rings (SSSR count). The number of carbonyl (C=O) groups excluding carboxylic acids is 1. The molecule has 0 radical (unpaired) electrons. The minimum atomic E-state index is -2.01.